The molecular formula is C8H12O4. The smallest absolute Gasteiger partial charge is 0.303 e. The highest BCUT2D eigenvalue weighted by atomic mass is 16.4. The van der Waals surface area contributed by atoms with Gasteiger partial charge in [0.25, 0.3) is 0 Å². The molecule has 0 aromatic heterocycles. The van der Waals surface area contributed by atoms with Gasteiger partial charge in [-0.3, -0.25) is 9.59 Å². The quantitative estimate of drug-likeness (QED) is 0.662. The molecule has 0 heterocycles. The van der Waals surface area contributed by atoms with Crippen LogP contribution in [0.4, 0.5) is 0 Å². The van der Waals surface area contributed by atoms with E-state index in [0.29, 0.717) is 0 Å². The Bertz CT molecular complexity index is 173. The lowest BCUT2D eigenvalue weighted by Gasteiger charge is -2.33. The standard InChI is InChI=1S/C8H12O4/c9-7(10)3-5-1-6(2-5)4-8(11)12/h5-6H,1-4H2,(H,9,10)(H,11,12). The second-order valence-electron chi connectivity index (χ2n) is 3.40. The van der Waals surface area contributed by atoms with E-state index >= 15 is 0 Å². The van der Waals surface area contributed by atoms with Gasteiger partial charge in [-0.15, -0.1) is 0 Å². The van der Waals surface area contributed by atoms with Crippen molar-refractivity contribution in [1.82, 2.24) is 0 Å². The van der Waals surface area contributed by atoms with E-state index < -0.39 is 11.9 Å². The first kappa shape index (κ1) is 9.03. The lowest BCUT2D eigenvalue weighted by atomic mass is 9.72. The van der Waals surface area contributed by atoms with Crippen LogP contribution in [0, 0.1) is 11.8 Å². The highest BCUT2D eigenvalue weighted by Gasteiger charge is 2.31. The second-order valence-corrected chi connectivity index (χ2v) is 3.40. The predicted molar refractivity (Wildman–Crippen MR) is 40.7 cm³/mol. The monoisotopic (exact) mass is 172 g/mol. The van der Waals surface area contributed by atoms with Gasteiger partial charge < -0.3 is 10.2 Å². The summed E-state index contributed by atoms with van der Waals surface area (Å²) in [6, 6.07) is 0. The SMILES string of the molecule is O=C(O)CC1CC(CC(=O)O)C1. The van der Waals surface area contributed by atoms with Gasteiger partial charge in [-0.1, -0.05) is 0 Å². The molecule has 2 N–H and O–H groups in total. The van der Waals surface area contributed by atoms with Gasteiger partial charge in [-0.05, 0) is 24.7 Å². The molecule has 0 amide bonds. The summed E-state index contributed by atoms with van der Waals surface area (Å²) in [6.45, 7) is 0. The summed E-state index contributed by atoms with van der Waals surface area (Å²) >= 11 is 0. The molecule has 0 bridgehead atoms. The van der Waals surface area contributed by atoms with E-state index in [1.54, 1.807) is 0 Å². The molecule has 1 fully saturated rings. The Morgan fingerprint density at radius 1 is 1.00 bits per heavy atom. The number of carboxylic acid groups (broad SMARTS) is 2. The van der Waals surface area contributed by atoms with Gasteiger partial charge in [0.15, 0.2) is 0 Å². The van der Waals surface area contributed by atoms with Crippen molar-refractivity contribution in [3.05, 3.63) is 0 Å². The van der Waals surface area contributed by atoms with E-state index in [9.17, 15) is 9.59 Å². The topological polar surface area (TPSA) is 74.6 Å². The molecule has 12 heavy (non-hydrogen) atoms. The Hall–Kier alpha value is -1.06. The van der Waals surface area contributed by atoms with Gasteiger partial charge in [-0.2, -0.15) is 0 Å². The highest BCUT2D eigenvalue weighted by Crippen LogP contribution is 2.37. The van der Waals surface area contributed by atoms with Crippen molar-refractivity contribution in [2.75, 3.05) is 0 Å². The van der Waals surface area contributed by atoms with Crippen molar-refractivity contribution < 1.29 is 19.8 Å². The van der Waals surface area contributed by atoms with Crippen LogP contribution in [0.2, 0.25) is 0 Å². The fourth-order valence-electron chi connectivity index (χ4n) is 1.70. The fourth-order valence-corrected chi connectivity index (χ4v) is 1.70. The minimum absolute atomic E-state index is 0.191. The van der Waals surface area contributed by atoms with Crippen molar-refractivity contribution in [2.45, 2.75) is 25.7 Å². The number of carbonyl (C=O) groups is 2. The molecule has 68 valence electrons. The summed E-state index contributed by atoms with van der Waals surface area (Å²) in [6.07, 6.45) is 1.91. The molecule has 0 aliphatic heterocycles. The zero-order valence-corrected chi connectivity index (χ0v) is 6.69. The van der Waals surface area contributed by atoms with Crippen LogP contribution in [0.15, 0.2) is 0 Å². The summed E-state index contributed by atoms with van der Waals surface area (Å²) in [4.78, 5) is 20.4. The highest BCUT2D eigenvalue weighted by molar-refractivity contribution is 5.68. The molecule has 1 aliphatic rings. The number of carboxylic acids is 2. The van der Waals surface area contributed by atoms with Gasteiger partial charge in [0.05, 0.1) is 0 Å². The maximum Gasteiger partial charge on any atom is 0.303 e. The third-order valence-corrected chi connectivity index (χ3v) is 2.26. The van der Waals surface area contributed by atoms with E-state index in [2.05, 4.69) is 0 Å². The summed E-state index contributed by atoms with van der Waals surface area (Å²) in [7, 11) is 0. The summed E-state index contributed by atoms with van der Waals surface area (Å²) in [5.41, 5.74) is 0. The Kier molecular flexibility index (Phi) is 2.68. The minimum atomic E-state index is -0.784. The Balaban J connectivity index is 2.11. The largest absolute Gasteiger partial charge is 0.481 e. The molecule has 1 rings (SSSR count). The molecule has 0 saturated heterocycles. The zero-order chi connectivity index (χ0) is 9.14. The first-order chi connectivity index (χ1) is 5.58. The molecule has 0 aromatic rings. The third kappa shape index (κ3) is 2.53. The fraction of sp³-hybridized carbons (Fsp3) is 0.750. The number of hydrogen-bond donors (Lipinski definition) is 2. The van der Waals surface area contributed by atoms with E-state index in [0.717, 1.165) is 12.8 Å². The van der Waals surface area contributed by atoms with Crippen LogP contribution < -0.4 is 0 Å². The molecule has 0 aromatic carbocycles. The van der Waals surface area contributed by atoms with Crippen molar-refractivity contribution >= 4 is 11.9 Å². The lowest BCUT2D eigenvalue weighted by molar-refractivity contribution is -0.140. The van der Waals surface area contributed by atoms with E-state index in [-0.39, 0.29) is 24.7 Å². The molecule has 0 spiro atoms. The first-order valence-electron chi connectivity index (χ1n) is 4.01. The molecule has 4 nitrogen and oxygen atoms in total. The lowest BCUT2D eigenvalue weighted by Crippen LogP contribution is -2.27. The summed E-state index contributed by atoms with van der Waals surface area (Å²) in [5.74, 6) is -1.14. The Morgan fingerprint density at radius 2 is 1.33 bits per heavy atom. The van der Waals surface area contributed by atoms with Crippen LogP contribution in [-0.4, -0.2) is 22.2 Å². The average Bonchev–Trinajstić information content (AvgIpc) is 1.80. The number of hydrogen-bond acceptors (Lipinski definition) is 2. The van der Waals surface area contributed by atoms with Crippen LogP contribution in [-0.2, 0) is 9.59 Å². The van der Waals surface area contributed by atoms with Crippen LogP contribution in [0.25, 0.3) is 0 Å². The predicted octanol–water partition coefficient (Wildman–Crippen LogP) is 0.962. The molecule has 1 saturated carbocycles. The number of aliphatic carboxylic acids is 2. The molecule has 0 atom stereocenters. The van der Waals surface area contributed by atoms with Crippen LogP contribution >= 0.6 is 0 Å². The molecular weight excluding hydrogens is 160 g/mol. The molecule has 4 heteroatoms. The van der Waals surface area contributed by atoms with Crippen molar-refractivity contribution in [3.8, 4) is 0 Å². The summed E-state index contributed by atoms with van der Waals surface area (Å²) in [5, 5.41) is 16.8. The Labute approximate surface area is 70.2 Å². The van der Waals surface area contributed by atoms with Crippen molar-refractivity contribution in [1.29, 1.82) is 0 Å². The summed E-state index contributed by atoms with van der Waals surface area (Å²) < 4.78 is 0. The zero-order valence-electron chi connectivity index (χ0n) is 6.69. The normalized spacial score (nSPS) is 27.7. The minimum Gasteiger partial charge on any atom is -0.481 e. The van der Waals surface area contributed by atoms with Gasteiger partial charge in [-0.25, -0.2) is 0 Å². The van der Waals surface area contributed by atoms with E-state index in [4.69, 9.17) is 10.2 Å². The van der Waals surface area contributed by atoms with Crippen molar-refractivity contribution in [2.24, 2.45) is 11.8 Å². The molecule has 1 aliphatic carbocycles. The molecule has 0 radical (unpaired) electrons. The van der Waals surface area contributed by atoms with Gasteiger partial charge >= 0.3 is 11.9 Å². The third-order valence-electron chi connectivity index (χ3n) is 2.26. The maximum absolute atomic E-state index is 10.2. The van der Waals surface area contributed by atoms with Crippen molar-refractivity contribution in [3.63, 3.8) is 0 Å². The van der Waals surface area contributed by atoms with E-state index in [1.165, 1.54) is 0 Å². The maximum atomic E-state index is 10.2. The Morgan fingerprint density at radius 3 is 1.58 bits per heavy atom. The van der Waals surface area contributed by atoms with Gasteiger partial charge in [0.1, 0.15) is 0 Å². The second kappa shape index (κ2) is 3.56. The van der Waals surface area contributed by atoms with Gasteiger partial charge in [0, 0.05) is 12.8 Å². The molecule has 0 unspecified atom stereocenters. The van der Waals surface area contributed by atoms with Crippen LogP contribution in [0.1, 0.15) is 25.7 Å². The van der Waals surface area contributed by atoms with Crippen LogP contribution in [0.5, 0.6) is 0 Å². The van der Waals surface area contributed by atoms with E-state index in [1.807, 2.05) is 0 Å². The van der Waals surface area contributed by atoms with Crippen LogP contribution in [0.3, 0.4) is 0 Å². The number of rotatable bonds is 4. The van der Waals surface area contributed by atoms with Gasteiger partial charge in [0.2, 0.25) is 0 Å². The first-order valence-corrected chi connectivity index (χ1v) is 4.01. The average molecular weight is 172 g/mol.